The predicted molar refractivity (Wildman–Crippen MR) is 90.9 cm³/mol. The smallest absolute Gasteiger partial charge is 0.259 e. The molecule has 0 atom stereocenters. The molecule has 2 N–H and O–H groups in total. The van der Waals surface area contributed by atoms with E-state index in [-0.39, 0.29) is 11.8 Å². The Morgan fingerprint density at radius 3 is 2.22 bits per heavy atom. The summed E-state index contributed by atoms with van der Waals surface area (Å²) in [6.45, 7) is 1.94. The summed E-state index contributed by atoms with van der Waals surface area (Å²) in [5.74, 6) is 0.128. The van der Waals surface area contributed by atoms with Crippen molar-refractivity contribution in [2.45, 2.75) is 19.8 Å². The monoisotopic (exact) mass is 312 g/mol. The van der Waals surface area contributed by atoms with E-state index < -0.39 is 0 Å². The third-order valence-corrected chi connectivity index (χ3v) is 3.28. The quantitative estimate of drug-likeness (QED) is 0.855. The van der Waals surface area contributed by atoms with Gasteiger partial charge in [-0.2, -0.15) is 0 Å². The highest BCUT2D eigenvalue weighted by Crippen LogP contribution is 2.24. The summed E-state index contributed by atoms with van der Waals surface area (Å²) in [7, 11) is 1.52. The second kappa shape index (κ2) is 7.98. The Morgan fingerprint density at radius 1 is 0.957 bits per heavy atom. The highest BCUT2D eigenvalue weighted by atomic mass is 16.5. The lowest BCUT2D eigenvalue weighted by molar-refractivity contribution is -0.116. The van der Waals surface area contributed by atoms with Crippen molar-refractivity contribution in [1.82, 2.24) is 0 Å². The minimum Gasteiger partial charge on any atom is -0.496 e. The molecule has 0 fully saturated rings. The van der Waals surface area contributed by atoms with Crippen molar-refractivity contribution in [3.05, 3.63) is 54.1 Å². The molecule has 0 heterocycles. The molecule has 0 aliphatic carbocycles. The summed E-state index contributed by atoms with van der Waals surface area (Å²) in [5, 5.41) is 5.63. The van der Waals surface area contributed by atoms with E-state index in [1.807, 2.05) is 6.92 Å². The Bertz CT molecular complexity index is 698. The summed E-state index contributed by atoms with van der Waals surface area (Å²) >= 11 is 0. The third kappa shape index (κ3) is 4.32. The molecule has 0 spiro atoms. The van der Waals surface area contributed by atoms with Gasteiger partial charge in [-0.15, -0.1) is 0 Å². The van der Waals surface area contributed by atoms with Crippen LogP contribution in [-0.2, 0) is 4.79 Å². The molecule has 2 rings (SSSR count). The van der Waals surface area contributed by atoms with Crippen molar-refractivity contribution in [1.29, 1.82) is 0 Å². The molecule has 0 aliphatic rings. The first-order chi connectivity index (χ1) is 11.2. The fourth-order valence-corrected chi connectivity index (χ4v) is 2.16. The number of nitrogens with one attached hydrogen (secondary N) is 2. The Kier molecular flexibility index (Phi) is 5.74. The van der Waals surface area contributed by atoms with Crippen molar-refractivity contribution in [3.8, 4) is 5.75 Å². The van der Waals surface area contributed by atoms with Crippen LogP contribution in [0.25, 0.3) is 0 Å². The fraction of sp³-hybridized carbons (Fsp3) is 0.222. The molecule has 2 aromatic rings. The molecule has 2 amide bonds. The number of para-hydroxylation sites is 3. The molecule has 23 heavy (non-hydrogen) atoms. The molecule has 0 aromatic heterocycles. The highest BCUT2D eigenvalue weighted by Gasteiger charge is 2.14. The van der Waals surface area contributed by atoms with E-state index in [1.165, 1.54) is 7.11 Å². The SMILES string of the molecule is CCCC(=O)Nc1ccccc1NC(=O)c1ccccc1OC. The van der Waals surface area contributed by atoms with Gasteiger partial charge in [-0.25, -0.2) is 0 Å². The number of ether oxygens (including phenoxy) is 1. The van der Waals surface area contributed by atoms with Crippen molar-refractivity contribution >= 4 is 23.2 Å². The summed E-state index contributed by atoms with van der Waals surface area (Å²) in [6.07, 6.45) is 1.20. The number of carbonyl (C=O) groups is 2. The average Bonchev–Trinajstić information content (AvgIpc) is 2.56. The summed E-state index contributed by atoms with van der Waals surface area (Å²) in [6, 6.07) is 14.1. The first-order valence-corrected chi connectivity index (χ1v) is 7.49. The number of methoxy groups -OCH3 is 1. The van der Waals surface area contributed by atoms with E-state index in [0.29, 0.717) is 29.1 Å². The predicted octanol–water partition coefficient (Wildman–Crippen LogP) is 3.69. The fourth-order valence-electron chi connectivity index (χ4n) is 2.16. The molecular formula is C18H20N2O3. The van der Waals surface area contributed by atoms with E-state index in [1.54, 1.807) is 48.5 Å². The zero-order valence-corrected chi connectivity index (χ0v) is 13.3. The number of rotatable bonds is 6. The van der Waals surface area contributed by atoms with Crippen LogP contribution in [0.15, 0.2) is 48.5 Å². The Hall–Kier alpha value is -2.82. The zero-order valence-electron chi connectivity index (χ0n) is 13.3. The number of hydrogen-bond donors (Lipinski definition) is 2. The summed E-state index contributed by atoms with van der Waals surface area (Å²) in [5.41, 5.74) is 1.56. The maximum Gasteiger partial charge on any atom is 0.259 e. The first kappa shape index (κ1) is 16.5. The van der Waals surface area contributed by atoms with Crippen LogP contribution in [0.1, 0.15) is 30.1 Å². The Labute approximate surface area is 135 Å². The van der Waals surface area contributed by atoms with Gasteiger partial charge in [0.1, 0.15) is 5.75 Å². The Morgan fingerprint density at radius 2 is 1.57 bits per heavy atom. The lowest BCUT2D eigenvalue weighted by Gasteiger charge is -2.13. The number of carbonyl (C=O) groups excluding carboxylic acids is 2. The van der Waals surface area contributed by atoms with Crippen molar-refractivity contribution in [2.24, 2.45) is 0 Å². The van der Waals surface area contributed by atoms with Crippen LogP contribution >= 0.6 is 0 Å². The molecule has 0 saturated heterocycles. The van der Waals surface area contributed by atoms with Gasteiger partial charge in [0.05, 0.1) is 24.0 Å². The van der Waals surface area contributed by atoms with Gasteiger partial charge in [0.15, 0.2) is 0 Å². The molecule has 0 bridgehead atoms. The average molecular weight is 312 g/mol. The van der Waals surface area contributed by atoms with Gasteiger partial charge in [0, 0.05) is 6.42 Å². The number of amides is 2. The molecule has 0 unspecified atom stereocenters. The molecule has 120 valence electrons. The second-order valence-corrected chi connectivity index (χ2v) is 5.00. The first-order valence-electron chi connectivity index (χ1n) is 7.49. The molecule has 0 radical (unpaired) electrons. The van der Waals surface area contributed by atoms with Crippen LogP contribution in [0.5, 0.6) is 5.75 Å². The second-order valence-electron chi connectivity index (χ2n) is 5.00. The summed E-state index contributed by atoms with van der Waals surface area (Å²) in [4.78, 5) is 24.2. The molecule has 5 heteroatoms. The molecule has 0 aliphatic heterocycles. The molecule has 0 saturated carbocycles. The van der Waals surface area contributed by atoms with Gasteiger partial charge in [0.25, 0.3) is 5.91 Å². The standard InChI is InChI=1S/C18H20N2O3/c1-3-8-17(21)19-14-10-5-6-11-15(14)20-18(22)13-9-4-7-12-16(13)23-2/h4-7,9-12H,3,8H2,1-2H3,(H,19,21)(H,20,22). The van der Waals surface area contributed by atoms with Crippen LogP contribution < -0.4 is 15.4 Å². The van der Waals surface area contributed by atoms with E-state index in [2.05, 4.69) is 10.6 Å². The largest absolute Gasteiger partial charge is 0.496 e. The van der Waals surface area contributed by atoms with Gasteiger partial charge >= 0.3 is 0 Å². The minimum atomic E-state index is -0.292. The molecule has 5 nitrogen and oxygen atoms in total. The molecular weight excluding hydrogens is 292 g/mol. The van der Waals surface area contributed by atoms with E-state index >= 15 is 0 Å². The zero-order chi connectivity index (χ0) is 16.7. The normalized spacial score (nSPS) is 10.0. The maximum atomic E-state index is 12.5. The van der Waals surface area contributed by atoms with Crippen LogP contribution in [0, 0.1) is 0 Å². The van der Waals surface area contributed by atoms with E-state index in [9.17, 15) is 9.59 Å². The van der Waals surface area contributed by atoms with E-state index in [0.717, 1.165) is 6.42 Å². The van der Waals surface area contributed by atoms with Gasteiger partial charge < -0.3 is 15.4 Å². The van der Waals surface area contributed by atoms with Crippen LogP contribution in [0.2, 0.25) is 0 Å². The lowest BCUT2D eigenvalue weighted by atomic mass is 10.1. The van der Waals surface area contributed by atoms with Crippen molar-refractivity contribution in [3.63, 3.8) is 0 Å². The highest BCUT2D eigenvalue weighted by molar-refractivity contribution is 6.08. The maximum absolute atomic E-state index is 12.5. The van der Waals surface area contributed by atoms with Crippen molar-refractivity contribution in [2.75, 3.05) is 17.7 Å². The number of anilines is 2. The third-order valence-electron chi connectivity index (χ3n) is 3.28. The summed E-state index contributed by atoms with van der Waals surface area (Å²) < 4.78 is 5.20. The van der Waals surface area contributed by atoms with Gasteiger partial charge in [-0.1, -0.05) is 31.2 Å². The number of hydrogen-bond acceptors (Lipinski definition) is 3. The van der Waals surface area contributed by atoms with E-state index in [4.69, 9.17) is 4.74 Å². The lowest BCUT2D eigenvalue weighted by Crippen LogP contribution is -2.17. The van der Waals surface area contributed by atoms with Gasteiger partial charge in [0.2, 0.25) is 5.91 Å². The number of benzene rings is 2. The van der Waals surface area contributed by atoms with Crippen LogP contribution in [0.4, 0.5) is 11.4 Å². The minimum absolute atomic E-state index is 0.0773. The van der Waals surface area contributed by atoms with Crippen LogP contribution in [0.3, 0.4) is 0 Å². The van der Waals surface area contributed by atoms with Crippen molar-refractivity contribution < 1.29 is 14.3 Å². The van der Waals surface area contributed by atoms with Gasteiger partial charge in [-0.3, -0.25) is 9.59 Å². The van der Waals surface area contributed by atoms with Crippen LogP contribution in [-0.4, -0.2) is 18.9 Å². The van der Waals surface area contributed by atoms with Gasteiger partial charge in [-0.05, 0) is 30.7 Å². The topological polar surface area (TPSA) is 67.4 Å². The molecule has 2 aromatic carbocycles. The Balaban J connectivity index is 2.19.